The molecule has 1 aromatic carbocycles. The zero-order valence-corrected chi connectivity index (χ0v) is 17.2. The highest BCUT2D eigenvalue weighted by Crippen LogP contribution is 2.33. The van der Waals surface area contributed by atoms with Gasteiger partial charge in [0.15, 0.2) is 0 Å². The monoisotopic (exact) mass is 393 g/mol. The number of ether oxygens (including phenoxy) is 1. The number of amides is 1. The summed E-state index contributed by atoms with van der Waals surface area (Å²) in [6, 6.07) is 10.0. The number of hydrogen-bond acceptors (Lipinski definition) is 4. The summed E-state index contributed by atoms with van der Waals surface area (Å²) < 4.78 is 5.51. The van der Waals surface area contributed by atoms with Crippen LogP contribution in [0.1, 0.15) is 60.2 Å². The molecule has 0 saturated carbocycles. The molecule has 1 atom stereocenters. The Hall–Kier alpha value is -3.07. The predicted octanol–water partition coefficient (Wildman–Crippen LogP) is 3.56. The van der Waals surface area contributed by atoms with Gasteiger partial charge in [0.05, 0.1) is 12.6 Å². The first-order chi connectivity index (χ1) is 14.0. The van der Waals surface area contributed by atoms with E-state index in [1.165, 1.54) is 0 Å². The Morgan fingerprint density at radius 1 is 1.31 bits per heavy atom. The van der Waals surface area contributed by atoms with E-state index in [2.05, 4.69) is 4.98 Å². The summed E-state index contributed by atoms with van der Waals surface area (Å²) in [4.78, 5) is 29.6. The van der Waals surface area contributed by atoms with E-state index >= 15 is 0 Å². The number of nitrogens with zero attached hydrogens (tertiary/aromatic N) is 2. The first-order valence-corrected chi connectivity index (χ1v) is 10.1. The minimum atomic E-state index is -0.368. The Morgan fingerprint density at radius 2 is 2.03 bits per heavy atom. The number of nitriles is 1. The molecule has 2 aromatic rings. The first-order valence-electron chi connectivity index (χ1n) is 10.1. The molecule has 1 unspecified atom stereocenters. The standard InChI is InChI=1S/C23H27N3O3/c1-4-29-18-9-7-17(8-10-18)21-6-5-13-26(21)22(27)12-11-19-15(2)20(14-24)23(28)25-16(19)3/h7-10,21H,4-6,11-13H2,1-3H3,(H,25,28). The van der Waals surface area contributed by atoms with E-state index in [-0.39, 0.29) is 23.1 Å². The van der Waals surface area contributed by atoms with Crippen LogP contribution in [0, 0.1) is 25.2 Å². The predicted molar refractivity (Wildman–Crippen MR) is 111 cm³/mol. The number of hydrogen-bond donors (Lipinski definition) is 1. The van der Waals surface area contributed by atoms with Crippen molar-refractivity contribution in [1.82, 2.24) is 9.88 Å². The van der Waals surface area contributed by atoms with Crippen molar-refractivity contribution in [2.24, 2.45) is 0 Å². The maximum absolute atomic E-state index is 13.0. The van der Waals surface area contributed by atoms with Crippen LogP contribution in [-0.4, -0.2) is 28.9 Å². The molecule has 0 bridgehead atoms. The van der Waals surface area contributed by atoms with Gasteiger partial charge in [-0.25, -0.2) is 0 Å². The number of likely N-dealkylation sites (tertiary alicyclic amines) is 1. The molecule has 0 spiro atoms. The molecule has 1 aromatic heterocycles. The number of rotatable bonds is 6. The average Bonchev–Trinajstić information content (AvgIpc) is 3.18. The van der Waals surface area contributed by atoms with Gasteiger partial charge in [-0.3, -0.25) is 9.59 Å². The molecule has 1 aliphatic rings. The van der Waals surface area contributed by atoms with Crippen LogP contribution < -0.4 is 10.3 Å². The van der Waals surface area contributed by atoms with Gasteiger partial charge in [-0.2, -0.15) is 5.26 Å². The van der Waals surface area contributed by atoms with Gasteiger partial charge < -0.3 is 14.6 Å². The lowest BCUT2D eigenvalue weighted by Gasteiger charge is -2.25. The number of H-pyrrole nitrogens is 1. The zero-order valence-electron chi connectivity index (χ0n) is 17.2. The van der Waals surface area contributed by atoms with Gasteiger partial charge in [-0.15, -0.1) is 0 Å². The number of carbonyl (C=O) groups is 1. The van der Waals surface area contributed by atoms with E-state index in [0.29, 0.717) is 25.0 Å². The minimum absolute atomic E-state index is 0.0885. The van der Waals surface area contributed by atoms with Gasteiger partial charge in [-0.05, 0) is 68.9 Å². The lowest BCUT2D eigenvalue weighted by atomic mass is 9.98. The molecule has 6 heteroatoms. The number of benzene rings is 1. The Bertz CT molecular complexity index is 986. The van der Waals surface area contributed by atoms with Crippen molar-refractivity contribution in [2.45, 2.75) is 52.5 Å². The smallest absolute Gasteiger partial charge is 0.266 e. The number of nitrogens with one attached hydrogen (secondary N) is 1. The Kier molecular flexibility index (Phi) is 6.38. The van der Waals surface area contributed by atoms with Crippen LogP contribution >= 0.6 is 0 Å². The molecule has 0 radical (unpaired) electrons. The summed E-state index contributed by atoms with van der Waals surface area (Å²) in [5.74, 6) is 0.939. The summed E-state index contributed by atoms with van der Waals surface area (Å²) in [5, 5.41) is 9.22. The van der Waals surface area contributed by atoms with Gasteiger partial charge in [0.25, 0.3) is 5.56 Å². The van der Waals surface area contributed by atoms with Gasteiger partial charge in [0, 0.05) is 18.7 Å². The Morgan fingerprint density at radius 3 is 2.69 bits per heavy atom. The van der Waals surface area contributed by atoms with Crippen molar-refractivity contribution in [1.29, 1.82) is 5.26 Å². The molecule has 29 heavy (non-hydrogen) atoms. The van der Waals surface area contributed by atoms with Crippen LogP contribution in [0.15, 0.2) is 29.1 Å². The average molecular weight is 393 g/mol. The van der Waals surface area contributed by atoms with Crippen molar-refractivity contribution in [3.8, 4) is 11.8 Å². The molecule has 152 valence electrons. The summed E-state index contributed by atoms with van der Waals surface area (Å²) in [6.45, 7) is 6.93. The van der Waals surface area contributed by atoms with Crippen LogP contribution in [0.25, 0.3) is 0 Å². The number of aromatic nitrogens is 1. The third-order valence-corrected chi connectivity index (χ3v) is 5.66. The van der Waals surface area contributed by atoms with Gasteiger partial charge >= 0.3 is 0 Å². The highest BCUT2D eigenvalue weighted by Gasteiger charge is 2.29. The van der Waals surface area contributed by atoms with Crippen molar-refractivity contribution >= 4 is 5.91 Å². The lowest BCUT2D eigenvalue weighted by molar-refractivity contribution is -0.132. The van der Waals surface area contributed by atoms with Crippen LogP contribution in [0.5, 0.6) is 5.75 Å². The largest absolute Gasteiger partial charge is 0.494 e. The Balaban J connectivity index is 1.72. The highest BCUT2D eigenvalue weighted by molar-refractivity contribution is 5.77. The fourth-order valence-electron chi connectivity index (χ4n) is 4.16. The molecule has 0 aliphatic carbocycles. The number of carbonyl (C=O) groups excluding carboxylic acids is 1. The number of pyridine rings is 1. The molecule has 1 N–H and O–H groups in total. The second-order valence-corrected chi connectivity index (χ2v) is 7.42. The van der Waals surface area contributed by atoms with Gasteiger partial charge in [0.2, 0.25) is 5.91 Å². The first kappa shape index (κ1) is 20.7. The van der Waals surface area contributed by atoms with Crippen molar-refractivity contribution in [3.63, 3.8) is 0 Å². The van der Waals surface area contributed by atoms with Crippen molar-refractivity contribution in [2.75, 3.05) is 13.2 Å². The normalized spacial score (nSPS) is 15.9. The summed E-state index contributed by atoms with van der Waals surface area (Å²) in [6.07, 6.45) is 2.80. The fourth-order valence-corrected chi connectivity index (χ4v) is 4.16. The molecule has 1 saturated heterocycles. The maximum Gasteiger partial charge on any atom is 0.266 e. The minimum Gasteiger partial charge on any atom is -0.494 e. The van der Waals surface area contributed by atoms with E-state index in [0.717, 1.165) is 42.0 Å². The highest BCUT2D eigenvalue weighted by atomic mass is 16.5. The van der Waals surface area contributed by atoms with E-state index in [1.54, 1.807) is 6.92 Å². The van der Waals surface area contributed by atoms with Crippen LogP contribution in [0.2, 0.25) is 0 Å². The SMILES string of the molecule is CCOc1ccc(C2CCCN2C(=O)CCc2c(C)[nH]c(=O)c(C#N)c2C)cc1. The van der Waals surface area contributed by atoms with Gasteiger partial charge in [-0.1, -0.05) is 12.1 Å². The maximum atomic E-state index is 13.0. The number of aromatic amines is 1. The lowest BCUT2D eigenvalue weighted by Crippen LogP contribution is -2.31. The van der Waals surface area contributed by atoms with Crippen molar-refractivity contribution < 1.29 is 9.53 Å². The summed E-state index contributed by atoms with van der Waals surface area (Å²) in [5.41, 5.74) is 3.17. The van der Waals surface area contributed by atoms with Crippen molar-refractivity contribution in [3.05, 3.63) is 62.6 Å². The topological polar surface area (TPSA) is 86.2 Å². The summed E-state index contributed by atoms with van der Waals surface area (Å²) >= 11 is 0. The third kappa shape index (κ3) is 4.34. The van der Waals surface area contributed by atoms with Crippen LogP contribution in [0.3, 0.4) is 0 Å². The quantitative estimate of drug-likeness (QED) is 0.813. The zero-order chi connectivity index (χ0) is 21.0. The van der Waals surface area contributed by atoms with Gasteiger partial charge in [0.1, 0.15) is 17.4 Å². The molecule has 3 rings (SSSR count). The van der Waals surface area contributed by atoms with Crippen LogP contribution in [-0.2, 0) is 11.2 Å². The van der Waals surface area contributed by atoms with E-state index in [9.17, 15) is 14.9 Å². The van der Waals surface area contributed by atoms with E-state index in [1.807, 2.05) is 49.1 Å². The molecule has 1 amide bonds. The molecule has 6 nitrogen and oxygen atoms in total. The second kappa shape index (κ2) is 8.95. The van der Waals surface area contributed by atoms with Crippen LogP contribution in [0.4, 0.5) is 0 Å². The fraction of sp³-hybridized carbons (Fsp3) is 0.435. The molecule has 2 heterocycles. The van der Waals surface area contributed by atoms with E-state index < -0.39 is 0 Å². The number of aryl methyl sites for hydroxylation is 1. The third-order valence-electron chi connectivity index (χ3n) is 5.66. The molecule has 1 fully saturated rings. The summed E-state index contributed by atoms with van der Waals surface area (Å²) in [7, 11) is 0. The molecular formula is C23H27N3O3. The van der Waals surface area contributed by atoms with E-state index in [4.69, 9.17) is 4.74 Å². The second-order valence-electron chi connectivity index (χ2n) is 7.42. The Labute approximate surface area is 171 Å². The molecule has 1 aliphatic heterocycles. The molecular weight excluding hydrogens is 366 g/mol.